The Morgan fingerprint density at radius 2 is 1.74 bits per heavy atom. The van der Waals surface area contributed by atoms with Gasteiger partial charge in [0.1, 0.15) is 0 Å². The fourth-order valence-corrected chi connectivity index (χ4v) is 4.91. The summed E-state index contributed by atoms with van der Waals surface area (Å²) in [7, 11) is 1.82. The zero-order valence-corrected chi connectivity index (χ0v) is 23.5. The van der Waals surface area contributed by atoms with Crippen LogP contribution in [-0.4, -0.2) is 69.4 Å². The van der Waals surface area contributed by atoms with Crippen LogP contribution in [0.4, 0.5) is 5.69 Å². The average molecular weight is 551 g/mol. The highest BCUT2D eigenvalue weighted by molar-refractivity contribution is 7.99. The maximum Gasteiger partial charge on any atom is 0.254 e. The molecule has 0 radical (unpaired) electrons. The Hall–Kier alpha value is -3.70. The minimum absolute atomic E-state index is 0.0656. The molecular weight excluding hydrogens is 516 g/mol. The van der Waals surface area contributed by atoms with Crippen molar-refractivity contribution < 1.29 is 19.1 Å². The lowest BCUT2D eigenvalue weighted by atomic mass is 10.0. The van der Waals surface area contributed by atoms with Crippen molar-refractivity contribution in [3.8, 4) is 0 Å². The molecule has 3 amide bonds. The maximum absolute atomic E-state index is 12.9. The summed E-state index contributed by atoms with van der Waals surface area (Å²) >= 11 is 1.25. The third-order valence-corrected chi connectivity index (χ3v) is 7.46. The van der Waals surface area contributed by atoms with E-state index in [0.717, 1.165) is 5.56 Å². The number of carbonyl (C=O) groups is 3. The van der Waals surface area contributed by atoms with Gasteiger partial charge in [-0.15, -0.1) is 10.2 Å². The summed E-state index contributed by atoms with van der Waals surface area (Å²) in [5, 5.41) is 15.1. The molecule has 2 N–H and O–H groups in total. The molecule has 3 aromatic rings. The van der Waals surface area contributed by atoms with Crippen LogP contribution in [0.15, 0.2) is 53.7 Å². The SMILES string of the molecule is Cc1ccc(C(=O)N[C@@H](c2nnc(SCC(=O)Nc3cccc(C(=O)N4CCOCC4)c3)n2C)C(C)C)cc1. The fourth-order valence-electron chi connectivity index (χ4n) is 4.19. The van der Waals surface area contributed by atoms with Crippen molar-refractivity contribution in [1.82, 2.24) is 25.0 Å². The monoisotopic (exact) mass is 550 g/mol. The number of nitrogens with zero attached hydrogens (tertiary/aromatic N) is 4. The topological polar surface area (TPSA) is 118 Å². The molecule has 0 bridgehead atoms. The molecule has 1 saturated heterocycles. The number of thioether (sulfide) groups is 1. The number of anilines is 1. The highest BCUT2D eigenvalue weighted by Gasteiger charge is 2.25. The van der Waals surface area contributed by atoms with Crippen LogP contribution in [-0.2, 0) is 16.6 Å². The molecular formula is C28H34N6O4S. The van der Waals surface area contributed by atoms with Gasteiger partial charge in [0.2, 0.25) is 5.91 Å². The normalized spacial score (nSPS) is 14.2. The minimum Gasteiger partial charge on any atom is -0.378 e. The first-order valence-electron chi connectivity index (χ1n) is 12.9. The number of hydrogen-bond acceptors (Lipinski definition) is 7. The van der Waals surface area contributed by atoms with E-state index in [2.05, 4.69) is 20.8 Å². The van der Waals surface area contributed by atoms with Crippen LogP contribution in [0.3, 0.4) is 0 Å². The lowest BCUT2D eigenvalue weighted by Gasteiger charge is -2.27. The van der Waals surface area contributed by atoms with E-state index in [9.17, 15) is 14.4 Å². The van der Waals surface area contributed by atoms with E-state index in [1.54, 1.807) is 45.9 Å². The maximum atomic E-state index is 12.9. The molecule has 2 aromatic carbocycles. The molecule has 1 aromatic heterocycles. The number of nitrogens with one attached hydrogen (secondary N) is 2. The first kappa shape index (κ1) is 28.3. The number of morpholine rings is 1. The molecule has 1 aliphatic heterocycles. The van der Waals surface area contributed by atoms with E-state index in [0.29, 0.717) is 54.1 Å². The summed E-state index contributed by atoms with van der Waals surface area (Å²) in [5.41, 5.74) is 2.74. The van der Waals surface area contributed by atoms with Crippen molar-refractivity contribution in [3.05, 3.63) is 71.0 Å². The smallest absolute Gasteiger partial charge is 0.254 e. The number of carbonyl (C=O) groups excluding carboxylic acids is 3. The molecule has 0 saturated carbocycles. The van der Waals surface area contributed by atoms with Gasteiger partial charge in [-0.05, 0) is 43.2 Å². The zero-order valence-electron chi connectivity index (χ0n) is 22.6. The predicted molar refractivity (Wildman–Crippen MR) is 150 cm³/mol. The molecule has 2 heterocycles. The first-order valence-corrected chi connectivity index (χ1v) is 13.9. The van der Waals surface area contributed by atoms with Crippen molar-refractivity contribution in [2.45, 2.75) is 32.0 Å². The van der Waals surface area contributed by atoms with Gasteiger partial charge in [0.25, 0.3) is 11.8 Å². The largest absolute Gasteiger partial charge is 0.378 e. The third kappa shape index (κ3) is 7.24. The second-order valence-corrected chi connectivity index (χ2v) is 10.7. The second-order valence-electron chi connectivity index (χ2n) is 9.78. The molecule has 11 heteroatoms. The number of hydrogen-bond donors (Lipinski definition) is 2. The molecule has 10 nitrogen and oxygen atoms in total. The summed E-state index contributed by atoms with van der Waals surface area (Å²) in [5.74, 6) is 0.298. The molecule has 0 unspecified atom stereocenters. The lowest BCUT2D eigenvalue weighted by molar-refractivity contribution is -0.113. The van der Waals surface area contributed by atoms with Crippen molar-refractivity contribution in [3.63, 3.8) is 0 Å². The number of aromatic nitrogens is 3. The van der Waals surface area contributed by atoms with Crippen molar-refractivity contribution in [2.24, 2.45) is 13.0 Å². The quantitative estimate of drug-likeness (QED) is 0.392. The van der Waals surface area contributed by atoms with Crippen molar-refractivity contribution >= 4 is 35.2 Å². The number of rotatable bonds is 9. The lowest BCUT2D eigenvalue weighted by Crippen LogP contribution is -2.40. The number of ether oxygens (including phenoxy) is 1. The molecule has 1 fully saturated rings. The molecule has 1 atom stereocenters. The summed E-state index contributed by atoms with van der Waals surface area (Å²) in [6.45, 7) is 8.15. The Morgan fingerprint density at radius 3 is 2.44 bits per heavy atom. The van der Waals surface area contributed by atoms with Crippen molar-refractivity contribution in [1.29, 1.82) is 0 Å². The van der Waals surface area contributed by atoms with Gasteiger partial charge in [0.15, 0.2) is 11.0 Å². The summed E-state index contributed by atoms with van der Waals surface area (Å²) in [6, 6.07) is 14.0. The van der Waals surface area contributed by atoms with Crippen LogP contribution in [0.1, 0.15) is 52.0 Å². The van der Waals surface area contributed by atoms with E-state index >= 15 is 0 Å². The van der Waals surface area contributed by atoms with Crippen LogP contribution < -0.4 is 10.6 Å². The molecule has 0 aliphatic carbocycles. The molecule has 39 heavy (non-hydrogen) atoms. The van der Waals surface area contributed by atoms with E-state index in [1.165, 1.54) is 11.8 Å². The van der Waals surface area contributed by atoms with Crippen LogP contribution in [0, 0.1) is 12.8 Å². The van der Waals surface area contributed by atoms with E-state index in [-0.39, 0.29) is 35.4 Å². The van der Waals surface area contributed by atoms with Gasteiger partial charge in [-0.2, -0.15) is 0 Å². The van der Waals surface area contributed by atoms with Crippen LogP contribution in [0.2, 0.25) is 0 Å². The number of aryl methyl sites for hydroxylation is 1. The van der Waals surface area contributed by atoms with Crippen molar-refractivity contribution in [2.75, 3.05) is 37.4 Å². The Labute approximate surface area is 232 Å². The Morgan fingerprint density at radius 1 is 1.03 bits per heavy atom. The molecule has 206 valence electrons. The van der Waals surface area contributed by atoms with Gasteiger partial charge in [0, 0.05) is 37.0 Å². The average Bonchev–Trinajstić information content (AvgIpc) is 3.30. The van der Waals surface area contributed by atoms with Gasteiger partial charge in [-0.25, -0.2) is 0 Å². The first-order chi connectivity index (χ1) is 18.7. The highest BCUT2D eigenvalue weighted by atomic mass is 32.2. The second kappa shape index (κ2) is 12.9. The third-order valence-electron chi connectivity index (χ3n) is 6.44. The van der Waals surface area contributed by atoms with Crippen LogP contribution >= 0.6 is 11.8 Å². The minimum atomic E-state index is -0.355. The fraction of sp³-hybridized carbons (Fsp3) is 0.393. The molecule has 0 spiro atoms. The van der Waals surface area contributed by atoms with E-state index in [1.807, 2.05) is 40.0 Å². The number of amides is 3. The zero-order chi connectivity index (χ0) is 27.9. The standard InChI is InChI=1S/C28H34N6O4S/c1-18(2)24(30-26(36)20-10-8-19(3)9-11-20)25-31-32-28(33(25)4)39-17-23(35)29-22-7-5-6-21(16-22)27(37)34-12-14-38-15-13-34/h5-11,16,18,24H,12-15,17H2,1-4H3,(H,29,35)(H,30,36)/t24-/m1/s1. The Bertz CT molecular complexity index is 1320. The number of benzene rings is 2. The highest BCUT2D eigenvalue weighted by Crippen LogP contribution is 2.25. The molecule has 1 aliphatic rings. The van der Waals surface area contributed by atoms with Crippen LogP contribution in [0.5, 0.6) is 0 Å². The van der Waals surface area contributed by atoms with Gasteiger partial charge < -0.3 is 24.8 Å². The van der Waals surface area contributed by atoms with Gasteiger partial charge in [-0.3, -0.25) is 14.4 Å². The Kier molecular flexibility index (Phi) is 9.36. The Balaban J connectivity index is 1.36. The van der Waals surface area contributed by atoms with Crippen LogP contribution in [0.25, 0.3) is 0 Å². The van der Waals surface area contributed by atoms with E-state index < -0.39 is 0 Å². The predicted octanol–water partition coefficient (Wildman–Crippen LogP) is 3.45. The summed E-state index contributed by atoms with van der Waals surface area (Å²) < 4.78 is 7.12. The van der Waals surface area contributed by atoms with Gasteiger partial charge >= 0.3 is 0 Å². The summed E-state index contributed by atoms with van der Waals surface area (Å²) in [4.78, 5) is 40.1. The molecule has 4 rings (SSSR count). The van der Waals surface area contributed by atoms with E-state index in [4.69, 9.17) is 4.74 Å². The summed E-state index contributed by atoms with van der Waals surface area (Å²) in [6.07, 6.45) is 0. The van der Waals surface area contributed by atoms with Gasteiger partial charge in [0.05, 0.1) is 25.0 Å². The van der Waals surface area contributed by atoms with Gasteiger partial charge in [-0.1, -0.05) is 49.4 Å².